The van der Waals surface area contributed by atoms with E-state index in [1.807, 2.05) is 13.0 Å². The molecule has 0 saturated heterocycles. The van der Waals surface area contributed by atoms with Crippen molar-refractivity contribution in [2.45, 2.75) is 13.3 Å². The van der Waals surface area contributed by atoms with Crippen LogP contribution in [0.3, 0.4) is 0 Å². The van der Waals surface area contributed by atoms with E-state index in [4.69, 9.17) is 5.73 Å². The van der Waals surface area contributed by atoms with Gasteiger partial charge in [-0.25, -0.2) is 0 Å². The molecule has 0 heterocycles. The Morgan fingerprint density at radius 2 is 1.95 bits per heavy atom. The highest BCUT2D eigenvalue weighted by Gasteiger charge is 2.18. The molecule has 3 nitrogen and oxygen atoms in total. The fraction of sp³-hybridized carbons (Fsp3) is 0.235. The molecule has 102 valence electrons. The molecule has 0 bridgehead atoms. The Morgan fingerprint density at radius 3 is 2.75 bits per heavy atom. The summed E-state index contributed by atoms with van der Waals surface area (Å²) in [5.41, 5.74) is 11.5. The van der Waals surface area contributed by atoms with Gasteiger partial charge in [0.25, 0.3) is 0 Å². The molecule has 1 unspecified atom stereocenters. The molecule has 0 aromatic heterocycles. The molecule has 0 saturated carbocycles. The molecular formula is C17H18N2O. The van der Waals surface area contributed by atoms with Gasteiger partial charge in [-0.05, 0) is 40.8 Å². The number of rotatable bonds is 3. The van der Waals surface area contributed by atoms with Crippen LogP contribution in [0.2, 0.25) is 0 Å². The van der Waals surface area contributed by atoms with Crippen molar-refractivity contribution < 1.29 is 4.79 Å². The minimum Gasteiger partial charge on any atom is -0.330 e. The summed E-state index contributed by atoms with van der Waals surface area (Å²) < 4.78 is 0. The summed E-state index contributed by atoms with van der Waals surface area (Å²) in [5.74, 6) is -0.191. The minimum atomic E-state index is -0.166. The van der Waals surface area contributed by atoms with E-state index < -0.39 is 0 Å². The number of hydrogen-bond donors (Lipinski definition) is 2. The molecule has 1 aliphatic carbocycles. The SMILES string of the molecule is CC(CN)C(=O)Nc1ccc2c(c1)Cc1ccccc1-2. The van der Waals surface area contributed by atoms with E-state index in [1.54, 1.807) is 0 Å². The number of carbonyl (C=O) groups excluding carboxylic acids is 1. The van der Waals surface area contributed by atoms with Crippen molar-refractivity contribution in [2.75, 3.05) is 11.9 Å². The van der Waals surface area contributed by atoms with Crippen LogP contribution >= 0.6 is 0 Å². The van der Waals surface area contributed by atoms with E-state index in [9.17, 15) is 4.79 Å². The second-order valence-corrected chi connectivity index (χ2v) is 5.33. The van der Waals surface area contributed by atoms with Crippen LogP contribution in [0.25, 0.3) is 11.1 Å². The Balaban J connectivity index is 1.86. The Kier molecular flexibility index (Phi) is 3.28. The number of nitrogens with one attached hydrogen (secondary N) is 1. The summed E-state index contributed by atoms with van der Waals surface area (Å²) >= 11 is 0. The molecule has 1 atom stereocenters. The van der Waals surface area contributed by atoms with Gasteiger partial charge in [-0.3, -0.25) is 4.79 Å². The maximum absolute atomic E-state index is 11.9. The highest BCUT2D eigenvalue weighted by molar-refractivity contribution is 5.93. The van der Waals surface area contributed by atoms with E-state index in [-0.39, 0.29) is 11.8 Å². The summed E-state index contributed by atoms with van der Waals surface area (Å²) in [5, 5.41) is 2.93. The third-order valence-corrected chi connectivity index (χ3v) is 3.86. The molecule has 3 N–H and O–H groups in total. The normalized spacial score (nSPS) is 13.5. The van der Waals surface area contributed by atoms with Crippen LogP contribution in [0.1, 0.15) is 18.1 Å². The molecule has 1 amide bonds. The first-order valence-corrected chi connectivity index (χ1v) is 6.91. The van der Waals surface area contributed by atoms with Crippen molar-refractivity contribution in [3.8, 4) is 11.1 Å². The molecule has 0 radical (unpaired) electrons. The van der Waals surface area contributed by atoms with Crippen LogP contribution in [0, 0.1) is 5.92 Å². The lowest BCUT2D eigenvalue weighted by Crippen LogP contribution is -2.26. The Bertz CT molecular complexity index is 664. The minimum absolute atomic E-state index is 0.0250. The highest BCUT2D eigenvalue weighted by atomic mass is 16.1. The number of amides is 1. The fourth-order valence-corrected chi connectivity index (χ4v) is 2.60. The lowest BCUT2D eigenvalue weighted by Gasteiger charge is -2.11. The number of benzene rings is 2. The Morgan fingerprint density at radius 1 is 1.20 bits per heavy atom. The summed E-state index contributed by atoms with van der Waals surface area (Å²) in [7, 11) is 0. The van der Waals surface area contributed by atoms with Crippen LogP contribution in [0.15, 0.2) is 42.5 Å². The summed E-state index contributed by atoms with van der Waals surface area (Å²) in [6.45, 7) is 2.20. The monoisotopic (exact) mass is 266 g/mol. The lowest BCUT2D eigenvalue weighted by atomic mass is 10.1. The van der Waals surface area contributed by atoms with Gasteiger partial charge >= 0.3 is 0 Å². The standard InChI is InChI=1S/C17H18N2O/c1-11(10-18)17(20)19-14-6-7-16-13(9-14)8-12-4-2-3-5-15(12)16/h2-7,9,11H,8,10,18H2,1H3,(H,19,20). The zero-order valence-corrected chi connectivity index (χ0v) is 11.5. The summed E-state index contributed by atoms with van der Waals surface area (Å²) in [6, 6.07) is 14.5. The Hall–Kier alpha value is -2.13. The maximum Gasteiger partial charge on any atom is 0.228 e. The van der Waals surface area contributed by atoms with Gasteiger partial charge in [0, 0.05) is 18.2 Å². The summed E-state index contributed by atoms with van der Waals surface area (Å²) in [4.78, 5) is 11.9. The first-order chi connectivity index (χ1) is 9.69. The third-order valence-electron chi connectivity index (χ3n) is 3.86. The van der Waals surface area contributed by atoms with Crippen LogP contribution in [0.4, 0.5) is 5.69 Å². The molecular weight excluding hydrogens is 248 g/mol. The van der Waals surface area contributed by atoms with Gasteiger partial charge in [0.2, 0.25) is 5.91 Å². The van der Waals surface area contributed by atoms with Crippen molar-refractivity contribution >= 4 is 11.6 Å². The molecule has 0 aliphatic heterocycles. The second-order valence-electron chi connectivity index (χ2n) is 5.33. The molecule has 1 aliphatic rings. The Labute approximate surface area is 118 Å². The average Bonchev–Trinajstić information content (AvgIpc) is 2.83. The average molecular weight is 266 g/mol. The topological polar surface area (TPSA) is 55.1 Å². The number of nitrogens with two attached hydrogens (primary N) is 1. The van der Waals surface area contributed by atoms with Crippen molar-refractivity contribution in [1.82, 2.24) is 0 Å². The molecule has 0 spiro atoms. The zero-order chi connectivity index (χ0) is 14.1. The van der Waals surface area contributed by atoms with Gasteiger partial charge in [-0.2, -0.15) is 0 Å². The van der Waals surface area contributed by atoms with Crippen molar-refractivity contribution in [3.63, 3.8) is 0 Å². The van der Waals surface area contributed by atoms with Crippen molar-refractivity contribution in [1.29, 1.82) is 0 Å². The quantitative estimate of drug-likeness (QED) is 0.766. The predicted octanol–water partition coefficient (Wildman–Crippen LogP) is 2.79. The number of anilines is 1. The fourth-order valence-electron chi connectivity index (χ4n) is 2.60. The van der Waals surface area contributed by atoms with Crippen molar-refractivity contribution in [2.24, 2.45) is 11.7 Å². The van der Waals surface area contributed by atoms with E-state index in [1.165, 1.54) is 22.3 Å². The van der Waals surface area contributed by atoms with Gasteiger partial charge in [0.1, 0.15) is 0 Å². The van der Waals surface area contributed by atoms with Crippen LogP contribution < -0.4 is 11.1 Å². The first-order valence-electron chi connectivity index (χ1n) is 6.91. The lowest BCUT2D eigenvalue weighted by molar-refractivity contribution is -0.119. The van der Waals surface area contributed by atoms with Crippen LogP contribution in [-0.2, 0) is 11.2 Å². The number of fused-ring (bicyclic) bond motifs is 3. The second kappa shape index (κ2) is 5.10. The highest BCUT2D eigenvalue weighted by Crippen LogP contribution is 2.37. The van der Waals surface area contributed by atoms with Gasteiger partial charge in [-0.15, -0.1) is 0 Å². The van der Waals surface area contributed by atoms with Gasteiger partial charge < -0.3 is 11.1 Å². The molecule has 2 aromatic carbocycles. The molecule has 3 heteroatoms. The van der Waals surface area contributed by atoms with Crippen LogP contribution in [0.5, 0.6) is 0 Å². The zero-order valence-electron chi connectivity index (χ0n) is 11.5. The molecule has 3 rings (SSSR count). The number of hydrogen-bond acceptors (Lipinski definition) is 2. The van der Waals surface area contributed by atoms with Gasteiger partial charge in [-0.1, -0.05) is 37.3 Å². The van der Waals surface area contributed by atoms with Crippen molar-refractivity contribution in [3.05, 3.63) is 53.6 Å². The van der Waals surface area contributed by atoms with Crippen LogP contribution in [-0.4, -0.2) is 12.5 Å². The van der Waals surface area contributed by atoms with E-state index in [0.29, 0.717) is 6.54 Å². The van der Waals surface area contributed by atoms with E-state index in [2.05, 4.69) is 41.7 Å². The third kappa shape index (κ3) is 2.21. The van der Waals surface area contributed by atoms with Gasteiger partial charge in [0.05, 0.1) is 0 Å². The molecule has 0 fully saturated rings. The van der Waals surface area contributed by atoms with E-state index >= 15 is 0 Å². The molecule has 2 aromatic rings. The smallest absolute Gasteiger partial charge is 0.228 e. The number of carbonyl (C=O) groups is 1. The maximum atomic E-state index is 11.9. The largest absolute Gasteiger partial charge is 0.330 e. The first kappa shape index (κ1) is 12.9. The predicted molar refractivity (Wildman–Crippen MR) is 81.5 cm³/mol. The van der Waals surface area contributed by atoms with Gasteiger partial charge in [0.15, 0.2) is 0 Å². The molecule has 20 heavy (non-hydrogen) atoms. The van der Waals surface area contributed by atoms with E-state index in [0.717, 1.165) is 12.1 Å². The summed E-state index contributed by atoms with van der Waals surface area (Å²) in [6.07, 6.45) is 0.932.